The summed E-state index contributed by atoms with van der Waals surface area (Å²) in [7, 11) is 0. The Balaban J connectivity index is 2.04. The Bertz CT molecular complexity index is 658. The van der Waals surface area contributed by atoms with Gasteiger partial charge in [0.1, 0.15) is 5.75 Å². The van der Waals surface area contributed by atoms with Crippen LogP contribution in [0.1, 0.15) is 12.5 Å². The molecule has 0 aliphatic carbocycles. The second kappa shape index (κ2) is 6.68. The third kappa shape index (κ3) is 4.02. The van der Waals surface area contributed by atoms with Crippen molar-refractivity contribution in [2.75, 3.05) is 0 Å². The van der Waals surface area contributed by atoms with E-state index in [9.17, 15) is 13.6 Å². The highest BCUT2D eigenvalue weighted by Gasteiger charge is 2.18. The monoisotopic (exact) mass is 310 g/mol. The van der Waals surface area contributed by atoms with E-state index in [0.29, 0.717) is 10.8 Å². The topological polar surface area (TPSA) is 26.3 Å². The van der Waals surface area contributed by atoms with Crippen molar-refractivity contribution in [2.45, 2.75) is 19.4 Å². The summed E-state index contributed by atoms with van der Waals surface area (Å²) < 4.78 is 32.1. The van der Waals surface area contributed by atoms with Gasteiger partial charge in [0.25, 0.3) is 0 Å². The van der Waals surface area contributed by atoms with Gasteiger partial charge < -0.3 is 4.74 Å². The van der Waals surface area contributed by atoms with Crippen LogP contribution < -0.4 is 4.74 Å². The smallest absolute Gasteiger partial charge is 0.177 e. The summed E-state index contributed by atoms with van der Waals surface area (Å²) in [6.07, 6.45) is -1.02. The minimum atomic E-state index is -0.999. The van der Waals surface area contributed by atoms with E-state index in [1.807, 2.05) is 0 Å². The normalized spacial score (nSPS) is 12.0. The summed E-state index contributed by atoms with van der Waals surface area (Å²) in [4.78, 5) is 12.0. The fourth-order valence-corrected chi connectivity index (χ4v) is 2.01. The first-order valence-corrected chi connectivity index (χ1v) is 6.73. The van der Waals surface area contributed by atoms with Gasteiger partial charge in [-0.3, -0.25) is 4.79 Å². The number of hydrogen-bond donors (Lipinski definition) is 0. The first kappa shape index (κ1) is 15.4. The number of halogens is 3. The van der Waals surface area contributed by atoms with E-state index < -0.39 is 17.7 Å². The summed E-state index contributed by atoms with van der Waals surface area (Å²) >= 11 is 5.82. The average molecular weight is 311 g/mol. The van der Waals surface area contributed by atoms with Crippen molar-refractivity contribution in [3.05, 3.63) is 64.7 Å². The van der Waals surface area contributed by atoms with Crippen LogP contribution in [0.15, 0.2) is 42.5 Å². The molecule has 1 atom stereocenters. The molecule has 2 rings (SSSR count). The zero-order valence-electron chi connectivity index (χ0n) is 11.3. The molecule has 0 amide bonds. The van der Waals surface area contributed by atoms with Crippen molar-refractivity contribution in [1.29, 1.82) is 0 Å². The van der Waals surface area contributed by atoms with Crippen LogP contribution in [0.2, 0.25) is 5.02 Å². The zero-order chi connectivity index (χ0) is 15.4. The van der Waals surface area contributed by atoms with Crippen molar-refractivity contribution < 1.29 is 18.3 Å². The minimum Gasteiger partial charge on any atom is -0.483 e. The van der Waals surface area contributed by atoms with E-state index in [2.05, 4.69) is 0 Å². The van der Waals surface area contributed by atoms with Crippen LogP contribution in [0.4, 0.5) is 8.78 Å². The van der Waals surface area contributed by atoms with Crippen LogP contribution in [-0.2, 0) is 11.2 Å². The van der Waals surface area contributed by atoms with Crippen molar-refractivity contribution in [3.63, 3.8) is 0 Å². The van der Waals surface area contributed by atoms with Crippen molar-refractivity contribution in [3.8, 4) is 5.75 Å². The Morgan fingerprint density at radius 2 is 1.95 bits per heavy atom. The third-order valence-electron chi connectivity index (χ3n) is 2.96. The van der Waals surface area contributed by atoms with E-state index >= 15 is 0 Å². The molecule has 0 saturated heterocycles. The lowest BCUT2D eigenvalue weighted by Gasteiger charge is -2.14. The van der Waals surface area contributed by atoms with Crippen LogP contribution >= 0.6 is 11.6 Å². The number of benzene rings is 2. The third-order valence-corrected chi connectivity index (χ3v) is 3.19. The van der Waals surface area contributed by atoms with Crippen LogP contribution in [-0.4, -0.2) is 11.9 Å². The molecule has 0 N–H and O–H groups in total. The number of Topliss-reactive ketones (excluding diaryl/α,β-unsaturated/α-hetero) is 1. The Morgan fingerprint density at radius 3 is 2.67 bits per heavy atom. The highest BCUT2D eigenvalue weighted by atomic mass is 35.5. The molecule has 0 aliphatic rings. The fraction of sp³-hybridized carbons (Fsp3) is 0.188. The molecule has 2 nitrogen and oxygen atoms in total. The van der Waals surface area contributed by atoms with Crippen LogP contribution in [0.25, 0.3) is 0 Å². The largest absolute Gasteiger partial charge is 0.483 e. The molecule has 0 saturated carbocycles. The highest BCUT2D eigenvalue weighted by Crippen LogP contribution is 2.19. The molecule has 0 aliphatic heterocycles. The van der Waals surface area contributed by atoms with Gasteiger partial charge in [-0.1, -0.05) is 29.8 Å². The molecule has 110 valence electrons. The van der Waals surface area contributed by atoms with Crippen molar-refractivity contribution in [1.82, 2.24) is 0 Å². The van der Waals surface area contributed by atoms with Crippen molar-refractivity contribution in [2.24, 2.45) is 0 Å². The fourth-order valence-electron chi connectivity index (χ4n) is 1.83. The molecule has 0 radical (unpaired) electrons. The van der Waals surface area contributed by atoms with Gasteiger partial charge in [0.2, 0.25) is 0 Å². The zero-order valence-corrected chi connectivity index (χ0v) is 12.0. The molecular weight excluding hydrogens is 298 g/mol. The van der Waals surface area contributed by atoms with E-state index in [-0.39, 0.29) is 17.8 Å². The molecule has 21 heavy (non-hydrogen) atoms. The molecule has 5 heteroatoms. The first-order chi connectivity index (χ1) is 9.97. The molecule has 0 bridgehead atoms. The average Bonchev–Trinajstić information content (AvgIpc) is 2.44. The highest BCUT2D eigenvalue weighted by molar-refractivity contribution is 6.30. The second-order valence-corrected chi connectivity index (χ2v) is 5.01. The molecule has 2 aromatic rings. The Labute approximate surface area is 126 Å². The van der Waals surface area contributed by atoms with E-state index in [4.69, 9.17) is 16.3 Å². The summed E-state index contributed by atoms with van der Waals surface area (Å²) in [5, 5.41) is 0.489. The van der Waals surface area contributed by atoms with Gasteiger partial charge in [0.15, 0.2) is 23.5 Å². The molecule has 1 unspecified atom stereocenters. The lowest BCUT2D eigenvalue weighted by molar-refractivity contribution is -0.124. The molecular formula is C16H13ClF2O2. The van der Waals surface area contributed by atoms with E-state index in [0.717, 1.165) is 6.07 Å². The predicted molar refractivity (Wildman–Crippen MR) is 76.6 cm³/mol. The maximum absolute atomic E-state index is 13.5. The van der Waals surface area contributed by atoms with Gasteiger partial charge in [-0.25, -0.2) is 8.78 Å². The van der Waals surface area contributed by atoms with Gasteiger partial charge in [0.05, 0.1) is 0 Å². The standard InChI is InChI=1S/C16H13ClF2O2/c1-10(21-13-6-3-5-12(17)9-13)15(20)8-11-4-2-7-14(18)16(11)19/h2-7,9-10H,8H2,1H3. The van der Waals surface area contributed by atoms with Gasteiger partial charge in [-0.05, 0) is 36.8 Å². The second-order valence-electron chi connectivity index (χ2n) is 4.57. The lowest BCUT2D eigenvalue weighted by Crippen LogP contribution is -2.25. The quantitative estimate of drug-likeness (QED) is 0.827. The Kier molecular flexibility index (Phi) is 4.91. The number of hydrogen-bond acceptors (Lipinski definition) is 2. The van der Waals surface area contributed by atoms with Gasteiger partial charge in [-0.15, -0.1) is 0 Å². The van der Waals surface area contributed by atoms with Crippen molar-refractivity contribution >= 4 is 17.4 Å². The Hall–Kier alpha value is -1.94. The van der Waals surface area contributed by atoms with Gasteiger partial charge in [0, 0.05) is 11.4 Å². The molecule has 0 fully saturated rings. The molecule has 2 aromatic carbocycles. The summed E-state index contributed by atoms with van der Waals surface area (Å²) in [5.74, 6) is -1.87. The van der Waals surface area contributed by atoms with Crippen LogP contribution in [0.5, 0.6) is 5.75 Å². The SMILES string of the molecule is CC(Oc1cccc(Cl)c1)C(=O)Cc1cccc(F)c1F. The number of ether oxygens (including phenoxy) is 1. The summed E-state index contributed by atoms with van der Waals surface area (Å²) in [6.45, 7) is 1.56. The Morgan fingerprint density at radius 1 is 1.24 bits per heavy atom. The van der Waals surface area contributed by atoms with Gasteiger partial charge >= 0.3 is 0 Å². The lowest BCUT2D eigenvalue weighted by atomic mass is 10.1. The number of rotatable bonds is 5. The van der Waals surface area contributed by atoms with E-state index in [1.165, 1.54) is 12.1 Å². The maximum Gasteiger partial charge on any atom is 0.177 e. The molecule has 0 spiro atoms. The van der Waals surface area contributed by atoms with Crippen LogP contribution in [0, 0.1) is 11.6 Å². The van der Waals surface area contributed by atoms with Crippen LogP contribution in [0.3, 0.4) is 0 Å². The number of ketones is 1. The number of carbonyl (C=O) groups is 1. The predicted octanol–water partition coefficient (Wildman–Crippen LogP) is 4.20. The molecule has 0 heterocycles. The minimum absolute atomic E-state index is 0.0153. The van der Waals surface area contributed by atoms with E-state index in [1.54, 1.807) is 31.2 Å². The first-order valence-electron chi connectivity index (χ1n) is 6.35. The van der Waals surface area contributed by atoms with Gasteiger partial charge in [-0.2, -0.15) is 0 Å². The molecule has 0 aromatic heterocycles. The summed E-state index contributed by atoms with van der Waals surface area (Å²) in [5.41, 5.74) is 0.0153. The maximum atomic E-state index is 13.5. The number of carbonyl (C=O) groups excluding carboxylic acids is 1. The summed E-state index contributed by atoms with van der Waals surface area (Å²) in [6, 6.07) is 10.4.